The zero-order chi connectivity index (χ0) is 19.5. The van der Waals surface area contributed by atoms with Crippen LogP contribution in [0.1, 0.15) is 10.4 Å². The van der Waals surface area contributed by atoms with Crippen LogP contribution < -0.4 is 24.4 Å². The molecule has 2 heterocycles. The van der Waals surface area contributed by atoms with Crippen LogP contribution >= 0.6 is 23.4 Å². The smallest absolute Gasteiger partial charge is 0.255 e. The molecule has 4 rings (SSSR count). The number of benzene rings is 2. The number of carbonyl (C=O) groups is 1. The van der Waals surface area contributed by atoms with Crippen molar-refractivity contribution in [2.75, 3.05) is 55.1 Å². The lowest BCUT2D eigenvalue weighted by molar-refractivity contribution is 0.102. The number of hydrogen-bond acceptors (Lipinski definition) is 6. The van der Waals surface area contributed by atoms with E-state index in [1.165, 1.54) is 7.11 Å². The van der Waals surface area contributed by atoms with Crippen LogP contribution in [0.2, 0.25) is 5.02 Å². The highest BCUT2D eigenvalue weighted by molar-refractivity contribution is 7.99. The molecular formula is C20H21ClN2O4S. The molecule has 1 saturated heterocycles. The van der Waals surface area contributed by atoms with Gasteiger partial charge in [0.2, 0.25) is 5.75 Å². The van der Waals surface area contributed by atoms with Gasteiger partial charge in [-0.05, 0) is 30.3 Å². The van der Waals surface area contributed by atoms with E-state index < -0.39 is 0 Å². The SMILES string of the molecule is COc1cc(C(=O)Nc2ccc(N3CCSCC3)c(Cl)c2)cc2c1OCCO2. The third kappa shape index (κ3) is 3.95. The van der Waals surface area contributed by atoms with E-state index in [0.717, 1.165) is 30.3 Å². The molecule has 2 aliphatic rings. The zero-order valence-electron chi connectivity index (χ0n) is 15.5. The van der Waals surface area contributed by atoms with Gasteiger partial charge in [0.1, 0.15) is 13.2 Å². The van der Waals surface area contributed by atoms with Crippen molar-refractivity contribution in [2.24, 2.45) is 0 Å². The number of amides is 1. The Bertz CT molecular complexity index is 869. The summed E-state index contributed by atoms with van der Waals surface area (Å²) >= 11 is 8.43. The van der Waals surface area contributed by atoms with Crippen LogP contribution in [0.4, 0.5) is 11.4 Å². The highest BCUT2D eigenvalue weighted by Crippen LogP contribution is 2.40. The Hall–Kier alpha value is -2.25. The number of anilines is 2. The Morgan fingerprint density at radius 1 is 1.18 bits per heavy atom. The highest BCUT2D eigenvalue weighted by Gasteiger charge is 2.21. The number of carbonyl (C=O) groups excluding carboxylic acids is 1. The Morgan fingerprint density at radius 3 is 2.71 bits per heavy atom. The molecule has 0 spiro atoms. The first-order chi connectivity index (χ1) is 13.7. The van der Waals surface area contributed by atoms with Crippen molar-refractivity contribution in [2.45, 2.75) is 0 Å². The summed E-state index contributed by atoms with van der Waals surface area (Å²) < 4.78 is 16.5. The summed E-state index contributed by atoms with van der Waals surface area (Å²) in [5.74, 6) is 3.43. The normalized spacial score (nSPS) is 15.9. The minimum absolute atomic E-state index is 0.270. The van der Waals surface area contributed by atoms with Gasteiger partial charge < -0.3 is 24.4 Å². The number of methoxy groups -OCH3 is 1. The first-order valence-corrected chi connectivity index (χ1v) is 10.6. The molecule has 0 saturated carbocycles. The third-order valence-corrected chi connectivity index (χ3v) is 5.89. The molecule has 0 bridgehead atoms. The van der Waals surface area contributed by atoms with Crippen LogP contribution in [0.25, 0.3) is 0 Å². The van der Waals surface area contributed by atoms with Crippen molar-refractivity contribution >= 4 is 40.6 Å². The fraction of sp³-hybridized carbons (Fsp3) is 0.350. The molecule has 2 aromatic rings. The van der Waals surface area contributed by atoms with Gasteiger partial charge >= 0.3 is 0 Å². The van der Waals surface area contributed by atoms with Crippen LogP contribution in [0.15, 0.2) is 30.3 Å². The summed E-state index contributed by atoms with van der Waals surface area (Å²) in [5.41, 5.74) is 2.06. The van der Waals surface area contributed by atoms with Gasteiger partial charge in [0, 0.05) is 35.8 Å². The van der Waals surface area contributed by atoms with Crippen LogP contribution in [0.5, 0.6) is 17.2 Å². The van der Waals surface area contributed by atoms with E-state index in [9.17, 15) is 4.79 Å². The van der Waals surface area contributed by atoms with Crippen LogP contribution in [0.3, 0.4) is 0 Å². The lowest BCUT2D eigenvalue weighted by Crippen LogP contribution is -2.32. The Morgan fingerprint density at radius 2 is 1.96 bits per heavy atom. The molecule has 8 heteroatoms. The fourth-order valence-electron chi connectivity index (χ4n) is 3.25. The number of nitrogens with zero attached hydrogens (tertiary/aromatic N) is 1. The first-order valence-electron chi connectivity index (χ1n) is 9.07. The molecule has 0 atom stereocenters. The number of fused-ring (bicyclic) bond motifs is 1. The first kappa shape index (κ1) is 19.1. The molecule has 0 radical (unpaired) electrons. The Balaban J connectivity index is 1.53. The third-order valence-electron chi connectivity index (χ3n) is 4.65. The van der Waals surface area contributed by atoms with E-state index in [1.807, 2.05) is 23.9 Å². The zero-order valence-corrected chi connectivity index (χ0v) is 17.1. The van der Waals surface area contributed by atoms with E-state index >= 15 is 0 Å². The van der Waals surface area contributed by atoms with Gasteiger partial charge in [-0.25, -0.2) is 0 Å². The standard InChI is InChI=1S/C20H21ClN2O4S/c1-25-17-10-13(11-18-19(17)27-7-6-26-18)20(24)22-14-2-3-16(15(21)12-14)23-4-8-28-9-5-23/h2-3,10-12H,4-9H2,1H3,(H,22,24). The molecule has 2 aliphatic heterocycles. The van der Waals surface area contributed by atoms with Gasteiger partial charge in [0.15, 0.2) is 11.5 Å². The van der Waals surface area contributed by atoms with Crippen molar-refractivity contribution in [3.63, 3.8) is 0 Å². The van der Waals surface area contributed by atoms with E-state index in [0.29, 0.717) is 46.7 Å². The number of halogens is 1. The quantitative estimate of drug-likeness (QED) is 0.808. The minimum atomic E-state index is -0.270. The lowest BCUT2D eigenvalue weighted by Gasteiger charge is -2.29. The summed E-state index contributed by atoms with van der Waals surface area (Å²) in [6.07, 6.45) is 0. The van der Waals surface area contributed by atoms with E-state index in [2.05, 4.69) is 10.2 Å². The molecular weight excluding hydrogens is 400 g/mol. The maximum Gasteiger partial charge on any atom is 0.255 e. The highest BCUT2D eigenvalue weighted by atomic mass is 35.5. The van der Waals surface area contributed by atoms with E-state index in [1.54, 1.807) is 18.2 Å². The molecule has 1 amide bonds. The maximum atomic E-state index is 12.7. The summed E-state index contributed by atoms with van der Waals surface area (Å²) in [7, 11) is 1.53. The van der Waals surface area contributed by atoms with Crippen LogP contribution in [0, 0.1) is 0 Å². The average Bonchev–Trinajstić information content (AvgIpc) is 2.73. The summed E-state index contributed by atoms with van der Waals surface area (Å²) in [5, 5.41) is 3.52. The summed E-state index contributed by atoms with van der Waals surface area (Å²) in [4.78, 5) is 15.0. The summed E-state index contributed by atoms with van der Waals surface area (Å²) in [6.45, 7) is 2.85. The monoisotopic (exact) mass is 420 g/mol. The predicted octanol–water partition coefficient (Wildman–Crippen LogP) is 3.93. The number of hydrogen-bond donors (Lipinski definition) is 1. The topological polar surface area (TPSA) is 60.0 Å². The second-order valence-electron chi connectivity index (χ2n) is 6.42. The Kier molecular flexibility index (Phi) is 5.73. The Labute approximate surface area is 173 Å². The van der Waals surface area contributed by atoms with Crippen LogP contribution in [-0.4, -0.2) is 50.8 Å². The molecule has 28 heavy (non-hydrogen) atoms. The predicted molar refractivity (Wildman–Crippen MR) is 113 cm³/mol. The van der Waals surface area contributed by atoms with E-state index in [4.69, 9.17) is 25.8 Å². The van der Waals surface area contributed by atoms with Gasteiger partial charge in [-0.1, -0.05) is 11.6 Å². The maximum absolute atomic E-state index is 12.7. The molecule has 148 valence electrons. The number of ether oxygens (including phenoxy) is 3. The molecule has 2 aromatic carbocycles. The van der Waals surface area contributed by atoms with Crippen molar-refractivity contribution in [1.82, 2.24) is 0 Å². The molecule has 1 fully saturated rings. The number of rotatable bonds is 4. The largest absolute Gasteiger partial charge is 0.493 e. The van der Waals surface area contributed by atoms with Crippen LogP contribution in [-0.2, 0) is 0 Å². The second-order valence-corrected chi connectivity index (χ2v) is 8.05. The second kappa shape index (κ2) is 8.41. The fourth-order valence-corrected chi connectivity index (χ4v) is 4.46. The molecule has 1 N–H and O–H groups in total. The van der Waals surface area contributed by atoms with Gasteiger partial charge in [0.05, 0.1) is 17.8 Å². The molecule has 0 aromatic heterocycles. The van der Waals surface area contributed by atoms with E-state index in [-0.39, 0.29) is 5.91 Å². The summed E-state index contributed by atoms with van der Waals surface area (Å²) in [6, 6.07) is 8.91. The van der Waals surface area contributed by atoms with Crippen molar-refractivity contribution < 1.29 is 19.0 Å². The molecule has 0 aliphatic carbocycles. The number of nitrogens with one attached hydrogen (secondary N) is 1. The van der Waals surface area contributed by atoms with Gasteiger partial charge in [-0.2, -0.15) is 11.8 Å². The van der Waals surface area contributed by atoms with Gasteiger partial charge in [-0.3, -0.25) is 4.79 Å². The minimum Gasteiger partial charge on any atom is -0.493 e. The van der Waals surface area contributed by atoms with Crippen molar-refractivity contribution in [3.05, 3.63) is 40.9 Å². The lowest BCUT2D eigenvalue weighted by atomic mass is 10.1. The van der Waals surface area contributed by atoms with Crippen molar-refractivity contribution in [3.8, 4) is 17.2 Å². The van der Waals surface area contributed by atoms with Crippen molar-refractivity contribution in [1.29, 1.82) is 0 Å². The van der Waals surface area contributed by atoms with Gasteiger partial charge in [-0.15, -0.1) is 0 Å². The number of thioether (sulfide) groups is 1. The molecule has 6 nitrogen and oxygen atoms in total. The van der Waals surface area contributed by atoms with Gasteiger partial charge in [0.25, 0.3) is 5.91 Å². The molecule has 0 unspecified atom stereocenters. The average molecular weight is 421 g/mol.